The molecule has 0 heterocycles. The summed E-state index contributed by atoms with van der Waals surface area (Å²) in [7, 11) is 0. The monoisotopic (exact) mass is 1750 g/mol. The smallest absolute Gasteiger partial charge is 0.0318 e. The average molecular weight is 1750 g/mol. The SMILES string of the molecule is CC1C(C)C2CC1C(C)C2C.CC1C(C)C2CC1C1C3CC(C(C)C3C)C21.CC1C(C)C2CC1C1CC3C4CC(C(C)C4C)C3C21.CC1CC(C)C2C3CC(C(C)C3C)C12.CC1CC2CC(C)C(C)CC2CC1C.CCC1C(C)C2CC1C(C)C2C.CCC1C(C)C2CC1C1C(C)CC(C)C21.CCC1CC2CC(C)C(C)CC2CC1C.CCC1CCC(C)C(C)C1C. The quantitative estimate of drug-likeness (QED) is 0.246. The normalized spacial score (nSPS) is 61.3. The topological polar surface area (TPSA) is 0 Å². The van der Waals surface area contributed by atoms with Gasteiger partial charge in [-0.3, -0.25) is 0 Å². The second kappa shape index (κ2) is 39.6. The molecule has 24 saturated carbocycles. The molecule has 24 aliphatic rings. The third kappa shape index (κ3) is 17.5. The first-order valence-electron chi connectivity index (χ1n) is 60.1. The largest absolute Gasteiger partial charge is 0.0651 e. The third-order valence-corrected chi connectivity index (χ3v) is 54.9. The van der Waals surface area contributed by atoms with E-state index in [-0.39, 0.29) is 0 Å². The molecular weight excluding hydrogens is 1530 g/mol. The maximum absolute atomic E-state index is 2.58. The molecule has 732 valence electrons. The van der Waals surface area contributed by atoms with Crippen LogP contribution in [0.1, 0.15) is 410 Å². The first-order chi connectivity index (χ1) is 60.1. The van der Waals surface area contributed by atoms with Crippen LogP contribution in [0.25, 0.3) is 0 Å². The Balaban J connectivity index is 0.000000106. The lowest BCUT2D eigenvalue weighted by Crippen LogP contribution is -2.41. The highest BCUT2D eigenvalue weighted by Crippen LogP contribution is 2.77. The van der Waals surface area contributed by atoms with Gasteiger partial charge in [0.1, 0.15) is 0 Å². The van der Waals surface area contributed by atoms with E-state index in [1.54, 1.807) is 57.8 Å². The van der Waals surface area contributed by atoms with Gasteiger partial charge >= 0.3 is 0 Å². The average Bonchev–Trinajstić information content (AvgIpc) is 1.53. The van der Waals surface area contributed by atoms with Crippen molar-refractivity contribution in [3.05, 3.63) is 0 Å². The van der Waals surface area contributed by atoms with Crippen molar-refractivity contribution in [3.63, 3.8) is 0 Å². The Morgan fingerprint density at radius 3 is 0.669 bits per heavy atom. The van der Waals surface area contributed by atoms with Crippen molar-refractivity contribution in [3.8, 4) is 0 Å². The maximum atomic E-state index is 2.58. The second-order valence-electron chi connectivity index (χ2n) is 58.1. The van der Waals surface area contributed by atoms with E-state index in [1.165, 1.54) is 115 Å². The van der Waals surface area contributed by atoms with Crippen molar-refractivity contribution in [2.24, 2.45) is 391 Å². The molecule has 60 unspecified atom stereocenters. The van der Waals surface area contributed by atoms with E-state index >= 15 is 0 Å². The van der Waals surface area contributed by atoms with E-state index < -0.39 is 0 Å². The lowest BCUT2D eigenvalue weighted by Gasteiger charge is -2.46. The summed E-state index contributed by atoms with van der Waals surface area (Å²) in [6.07, 6.45) is 38.1. The van der Waals surface area contributed by atoms with Crippen LogP contribution >= 0.6 is 0 Å². The van der Waals surface area contributed by atoms with E-state index in [9.17, 15) is 0 Å². The van der Waals surface area contributed by atoms with Crippen molar-refractivity contribution < 1.29 is 0 Å². The minimum atomic E-state index is 0.952. The molecule has 0 nitrogen and oxygen atoms in total. The molecule has 0 N–H and O–H groups in total. The molecular formula is C127H224. The fourth-order valence-corrected chi connectivity index (χ4v) is 45.5. The first kappa shape index (κ1) is 100.0. The Kier molecular flexibility index (Phi) is 31.2. The van der Waals surface area contributed by atoms with Gasteiger partial charge in [-0.25, -0.2) is 0 Å². The zero-order chi connectivity index (χ0) is 91.8. The molecule has 0 aromatic heterocycles. The van der Waals surface area contributed by atoms with Crippen LogP contribution in [0.3, 0.4) is 0 Å². The predicted octanol–water partition coefficient (Wildman–Crippen LogP) is 36.3. The van der Waals surface area contributed by atoms with Crippen LogP contribution in [0.5, 0.6) is 0 Å². The van der Waals surface area contributed by atoms with E-state index in [1.807, 2.05) is 0 Å². The summed E-state index contributed by atoms with van der Waals surface area (Å²) in [4.78, 5) is 0. The van der Waals surface area contributed by atoms with Gasteiger partial charge in [0.2, 0.25) is 0 Å². The summed E-state index contributed by atoms with van der Waals surface area (Å²) in [6, 6.07) is 0. The van der Waals surface area contributed by atoms with E-state index in [0.717, 1.165) is 379 Å². The molecule has 0 spiro atoms. The van der Waals surface area contributed by atoms with Crippen molar-refractivity contribution in [2.75, 3.05) is 0 Å². The van der Waals surface area contributed by atoms with E-state index in [2.05, 4.69) is 249 Å². The Bertz CT molecular complexity index is 3280. The third-order valence-electron chi connectivity index (χ3n) is 54.9. The zero-order valence-electron chi connectivity index (χ0n) is 91.8. The van der Waals surface area contributed by atoms with Crippen molar-refractivity contribution >= 4 is 0 Å². The summed E-state index contributed by atoms with van der Waals surface area (Å²) >= 11 is 0. The highest BCUT2D eigenvalue weighted by atomic mass is 14.8. The second-order valence-corrected chi connectivity index (χ2v) is 58.1. The summed E-state index contributed by atoms with van der Waals surface area (Å²) in [5.41, 5.74) is 0. The van der Waals surface area contributed by atoms with Crippen molar-refractivity contribution in [1.82, 2.24) is 0 Å². The van der Waals surface area contributed by atoms with Crippen LogP contribution < -0.4 is 0 Å². The van der Waals surface area contributed by atoms with Crippen LogP contribution in [0.2, 0.25) is 0 Å². The van der Waals surface area contributed by atoms with Crippen LogP contribution in [0, 0.1) is 391 Å². The van der Waals surface area contributed by atoms with Crippen LogP contribution in [-0.4, -0.2) is 0 Å². The molecule has 0 aromatic carbocycles. The van der Waals surface area contributed by atoms with Gasteiger partial charge in [-0.2, -0.15) is 0 Å². The lowest BCUT2D eigenvalue weighted by atomic mass is 9.59. The molecule has 0 aromatic rings. The lowest BCUT2D eigenvalue weighted by molar-refractivity contribution is 0.0239. The van der Waals surface area contributed by atoms with Gasteiger partial charge in [0, 0.05) is 0 Å². The molecule has 0 aliphatic heterocycles. The molecule has 0 saturated heterocycles. The standard InChI is InChI=1S/C19H30.C16H26.C15H26.C15H28.C14H24.C14H26.C12H22.C11H20.C11H22/c1-8-10(3)14-5-12(8)16-7-17-13-6-15(11(4)9(13)2)19(17)18(14)16;1-7-8(2)12-5-11(7)15-13-6-14(16(12)15)10(4)9(13)3;1-5-11-10(4)12-7-13(11)15-9(3)6-8(2)14(12)15;1-5-13-9-15-7-11(3)10(2)6-14(15)8-12(13)4;1-7-5-8(2)14-12-6-11(13(7)14)9(3)10(12)4;1-9-5-13-7-11(3)12(4)8-14(13)6-10(9)2;1-5-10-9(4)11-6-12(10)8(3)7(11)2;1-6-7(2)11-5-10(6)8(3)9(11)4;1-5-11-7-6-8(2)9(3)10(11)4/h8-19H,5-7H2,1-4H3;7-16H,5-6H2,1-4H3;8-15H,5-7H2,1-4H3;10-15H,5-9H2,1-4H3;7-14H,5-6H2,1-4H3;9-14H,5-8H2,1-4H3;7-12H,5-6H2,1-4H3;6-11H,5H2,1-4H3;8-11H,5-7H2,1-4H3. The molecule has 16 bridgehead atoms. The van der Waals surface area contributed by atoms with Gasteiger partial charge in [-0.15, -0.1) is 0 Å². The summed E-state index contributed by atoms with van der Waals surface area (Å²) in [6.45, 7) is 89.5. The van der Waals surface area contributed by atoms with Crippen LogP contribution in [0.4, 0.5) is 0 Å². The van der Waals surface area contributed by atoms with Gasteiger partial charge in [0.25, 0.3) is 0 Å². The molecule has 0 radical (unpaired) electrons. The summed E-state index contributed by atoms with van der Waals surface area (Å²) in [5, 5.41) is 0. The van der Waals surface area contributed by atoms with E-state index in [0.29, 0.717) is 0 Å². The molecule has 24 rings (SSSR count). The Labute approximate surface area is 795 Å². The molecule has 0 amide bonds. The van der Waals surface area contributed by atoms with Gasteiger partial charge in [0.05, 0.1) is 0 Å². The summed E-state index contributed by atoms with van der Waals surface area (Å²) < 4.78 is 0. The zero-order valence-corrected chi connectivity index (χ0v) is 91.8. The van der Waals surface area contributed by atoms with Gasteiger partial charge in [0.15, 0.2) is 0 Å². The highest BCUT2D eigenvalue weighted by molar-refractivity contribution is 5.19. The van der Waals surface area contributed by atoms with Crippen LogP contribution in [0.15, 0.2) is 0 Å². The number of hydrogen-bond acceptors (Lipinski definition) is 0. The first-order valence-corrected chi connectivity index (χ1v) is 60.1. The van der Waals surface area contributed by atoms with Gasteiger partial charge in [-0.1, -0.05) is 281 Å². The fraction of sp³-hybridized carbons (Fsp3) is 1.00. The Morgan fingerprint density at radius 2 is 0.346 bits per heavy atom. The van der Waals surface area contributed by atoms with Gasteiger partial charge in [-0.05, 0) is 519 Å². The van der Waals surface area contributed by atoms with Crippen LogP contribution in [-0.2, 0) is 0 Å². The molecule has 127 heavy (non-hydrogen) atoms. The Hall–Kier alpha value is 0. The highest BCUT2D eigenvalue weighted by Gasteiger charge is 2.71. The molecule has 24 fully saturated rings. The molecule has 60 atom stereocenters. The predicted molar refractivity (Wildman–Crippen MR) is 550 cm³/mol. The van der Waals surface area contributed by atoms with E-state index in [4.69, 9.17) is 0 Å². The fourth-order valence-electron chi connectivity index (χ4n) is 45.5. The molecule has 24 aliphatic carbocycles. The maximum Gasteiger partial charge on any atom is -0.0318 e. The van der Waals surface area contributed by atoms with Crippen molar-refractivity contribution in [2.45, 2.75) is 410 Å². The minimum Gasteiger partial charge on any atom is -0.0651 e. The Morgan fingerprint density at radius 1 is 0.126 bits per heavy atom. The number of fused-ring (bicyclic) bond motifs is 36. The van der Waals surface area contributed by atoms with Crippen molar-refractivity contribution in [1.29, 1.82) is 0 Å². The van der Waals surface area contributed by atoms with Gasteiger partial charge < -0.3 is 0 Å². The number of rotatable bonds is 4. The number of hydrogen-bond donors (Lipinski definition) is 0. The minimum absolute atomic E-state index is 0.952. The summed E-state index contributed by atoms with van der Waals surface area (Å²) in [5.74, 6) is 69.9. The molecule has 0 heteroatoms.